The van der Waals surface area contributed by atoms with Crippen molar-refractivity contribution in [3.63, 3.8) is 0 Å². The molecule has 0 bridgehead atoms. The van der Waals surface area contributed by atoms with E-state index in [1.165, 1.54) is 17.7 Å². The summed E-state index contributed by atoms with van der Waals surface area (Å²) < 4.78 is 4.07. The van der Waals surface area contributed by atoms with E-state index in [0.29, 0.717) is 16.6 Å². The highest BCUT2D eigenvalue weighted by Crippen LogP contribution is 2.29. The minimum Gasteiger partial charge on any atom is -0.478 e. The van der Waals surface area contributed by atoms with Gasteiger partial charge in [-0.05, 0) is 13.0 Å². The SMILES string of the molecule is Cc1nsc(Nc2c(C(=O)O)cnc3ccccc23)n1. The number of para-hydroxylation sites is 1. The smallest absolute Gasteiger partial charge is 0.339 e. The van der Waals surface area contributed by atoms with Gasteiger partial charge in [-0.3, -0.25) is 4.98 Å². The van der Waals surface area contributed by atoms with Crippen LogP contribution in [-0.2, 0) is 0 Å². The van der Waals surface area contributed by atoms with Gasteiger partial charge in [0.2, 0.25) is 5.13 Å². The maximum Gasteiger partial charge on any atom is 0.339 e. The number of aromatic nitrogens is 3. The molecule has 0 atom stereocenters. The van der Waals surface area contributed by atoms with Crippen LogP contribution in [0.5, 0.6) is 0 Å². The molecule has 20 heavy (non-hydrogen) atoms. The number of carboxylic acids is 1. The van der Waals surface area contributed by atoms with Crippen molar-refractivity contribution in [3.8, 4) is 0 Å². The van der Waals surface area contributed by atoms with Crippen molar-refractivity contribution in [1.82, 2.24) is 14.3 Å². The predicted octanol–water partition coefficient (Wildman–Crippen LogP) is 2.84. The summed E-state index contributed by atoms with van der Waals surface area (Å²) in [5, 5.41) is 13.6. The molecule has 7 heteroatoms. The van der Waals surface area contributed by atoms with Crippen molar-refractivity contribution in [2.45, 2.75) is 6.92 Å². The lowest BCUT2D eigenvalue weighted by Crippen LogP contribution is -2.04. The van der Waals surface area contributed by atoms with Gasteiger partial charge in [0.25, 0.3) is 0 Å². The van der Waals surface area contributed by atoms with Crippen molar-refractivity contribution in [3.05, 3.63) is 41.9 Å². The Morgan fingerprint density at radius 1 is 1.35 bits per heavy atom. The number of hydrogen-bond donors (Lipinski definition) is 2. The highest BCUT2D eigenvalue weighted by molar-refractivity contribution is 7.09. The summed E-state index contributed by atoms with van der Waals surface area (Å²) in [6.45, 7) is 1.78. The number of aromatic carboxylic acids is 1. The van der Waals surface area contributed by atoms with Crippen LogP contribution < -0.4 is 5.32 Å². The Morgan fingerprint density at radius 3 is 2.85 bits per heavy atom. The molecule has 0 fully saturated rings. The Labute approximate surface area is 118 Å². The number of pyridine rings is 1. The Morgan fingerprint density at radius 2 is 2.15 bits per heavy atom. The molecule has 3 aromatic rings. The van der Waals surface area contributed by atoms with Gasteiger partial charge in [-0.1, -0.05) is 18.2 Å². The number of anilines is 2. The molecular formula is C13H10N4O2S. The minimum absolute atomic E-state index is 0.108. The van der Waals surface area contributed by atoms with Gasteiger partial charge >= 0.3 is 5.97 Å². The molecule has 3 rings (SSSR count). The first-order chi connectivity index (χ1) is 9.65. The zero-order valence-electron chi connectivity index (χ0n) is 10.5. The van der Waals surface area contributed by atoms with E-state index in [1.807, 2.05) is 24.3 Å². The Kier molecular flexibility index (Phi) is 3.03. The van der Waals surface area contributed by atoms with Crippen LogP contribution in [0.2, 0.25) is 0 Å². The maximum absolute atomic E-state index is 11.3. The molecule has 0 unspecified atom stereocenters. The summed E-state index contributed by atoms with van der Waals surface area (Å²) in [6, 6.07) is 7.35. The van der Waals surface area contributed by atoms with E-state index < -0.39 is 5.97 Å². The first-order valence-electron chi connectivity index (χ1n) is 5.83. The van der Waals surface area contributed by atoms with Crippen molar-refractivity contribution in [2.75, 3.05) is 5.32 Å². The van der Waals surface area contributed by atoms with E-state index in [2.05, 4.69) is 19.7 Å². The van der Waals surface area contributed by atoms with Crippen LogP contribution in [0, 0.1) is 6.92 Å². The van der Waals surface area contributed by atoms with Gasteiger partial charge in [0.1, 0.15) is 11.4 Å². The van der Waals surface area contributed by atoms with Gasteiger partial charge in [-0.25, -0.2) is 9.78 Å². The van der Waals surface area contributed by atoms with E-state index in [4.69, 9.17) is 0 Å². The van der Waals surface area contributed by atoms with Gasteiger partial charge in [0.15, 0.2) is 0 Å². The topological polar surface area (TPSA) is 88.0 Å². The molecule has 0 saturated heterocycles. The average molecular weight is 286 g/mol. The molecule has 2 N–H and O–H groups in total. The van der Waals surface area contributed by atoms with Crippen LogP contribution in [0.4, 0.5) is 10.8 Å². The second-order valence-electron chi connectivity index (χ2n) is 4.14. The Balaban J connectivity index is 2.19. The molecule has 0 radical (unpaired) electrons. The monoisotopic (exact) mass is 286 g/mol. The molecule has 6 nitrogen and oxygen atoms in total. The number of nitrogens with one attached hydrogen (secondary N) is 1. The molecule has 2 aromatic heterocycles. The molecule has 0 aliphatic carbocycles. The predicted molar refractivity (Wildman–Crippen MR) is 76.6 cm³/mol. The zero-order valence-corrected chi connectivity index (χ0v) is 11.3. The van der Waals surface area contributed by atoms with E-state index in [0.717, 1.165) is 10.9 Å². The fourth-order valence-corrected chi connectivity index (χ4v) is 2.47. The number of carbonyl (C=O) groups is 1. The summed E-state index contributed by atoms with van der Waals surface area (Å²) in [7, 11) is 0. The molecule has 0 amide bonds. The molecule has 0 aliphatic rings. The molecule has 0 spiro atoms. The summed E-state index contributed by atoms with van der Waals surface area (Å²) in [5.41, 5.74) is 1.32. The minimum atomic E-state index is -1.04. The molecular weight excluding hydrogens is 276 g/mol. The first-order valence-corrected chi connectivity index (χ1v) is 6.61. The van der Waals surface area contributed by atoms with E-state index in [9.17, 15) is 9.90 Å². The summed E-state index contributed by atoms with van der Waals surface area (Å²) in [4.78, 5) is 19.7. The molecule has 1 aromatic carbocycles. The van der Waals surface area contributed by atoms with Gasteiger partial charge in [-0.2, -0.15) is 4.37 Å². The first kappa shape index (κ1) is 12.5. The lowest BCUT2D eigenvalue weighted by molar-refractivity contribution is 0.0697. The normalized spacial score (nSPS) is 10.7. The van der Waals surface area contributed by atoms with Crippen LogP contribution in [0.25, 0.3) is 10.9 Å². The molecule has 0 saturated carbocycles. The molecule has 100 valence electrons. The van der Waals surface area contributed by atoms with Crippen molar-refractivity contribution >= 4 is 39.2 Å². The third-order valence-electron chi connectivity index (χ3n) is 2.77. The Hall–Kier alpha value is -2.54. The van der Waals surface area contributed by atoms with Gasteiger partial charge in [-0.15, -0.1) is 0 Å². The second kappa shape index (κ2) is 4.86. The Bertz CT molecular complexity index is 800. The van der Waals surface area contributed by atoms with E-state index >= 15 is 0 Å². The van der Waals surface area contributed by atoms with Crippen LogP contribution in [0.1, 0.15) is 16.2 Å². The highest BCUT2D eigenvalue weighted by atomic mass is 32.1. The number of aryl methyl sites for hydroxylation is 1. The average Bonchev–Trinajstić information content (AvgIpc) is 2.84. The van der Waals surface area contributed by atoms with Crippen molar-refractivity contribution in [1.29, 1.82) is 0 Å². The second-order valence-corrected chi connectivity index (χ2v) is 4.89. The summed E-state index contributed by atoms with van der Waals surface area (Å²) in [6.07, 6.45) is 1.35. The fraction of sp³-hybridized carbons (Fsp3) is 0.0769. The lowest BCUT2D eigenvalue weighted by atomic mass is 10.1. The molecule has 0 aliphatic heterocycles. The largest absolute Gasteiger partial charge is 0.478 e. The van der Waals surface area contributed by atoms with Crippen LogP contribution in [-0.4, -0.2) is 25.4 Å². The molecule has 2 heterocycles. The van der Waals surface area contributed by atoms with Gasteiger partial charge in [0, 0.05) is 23.1 Å². The van der Waals surface area contributed by atoms with Crippen LogP contribution in [0.3, 0.4) is 0 Å². The van der Waals surface area contributed by atoms with Gasteiger partial charge < -0.3 is 10.4 Å². The number of carboxylic acid groups (broad SMARTS) is 1. The van der Waals surface area contributed by atoms with Crippen LogP contribution >= 0.6 is 11.5 Å². The third kappa shape index (κ3) is 2.19. The number of benzene rings is 1. The third-order valence-corrected chi connectivity index (χ3v) is 3.49. The number of hydrogen-bond acceptors (Lipinski definition) is 6. The number of rotatable bonds is 3. The lowest BCUT2D eigenvalue weighted by Gasteiger charge is -2.09. The number of nitrogens with zero attached hydrogens (tertiary/aromatic N) is 3. The number of fused-ring (bicyclic) bond motifs is 1. The van der Waals surface area contributed by atoms with Crippen molar-refractivity contribution in [2.24, 2.45) is 0 Å². The quantitative estimate of drug-likeness (QED) is 0.769. The standard InChI is InChI=1S/C13H10N4O2S/c1-7-15-13(20-17-7)16-11-8-4-2-3-5-10(8)14-6-9(11)12(18)19/h2-6H,1H3,(H,18,19)(H,14,15,16,17). The zero-order chi connectivity index (χ0) is 14.1. The van der Waals surface area contributed by atoms with Crippen molar-refractivity contribution < 1.29 is 9.90 Å². The van der Waals surface area contributed by atoms with Crippen LogP contribution in [0.15, 0.2) is 30.5 Å². The van der Waals surface area contributed by atoms with Gasteiger partial charge in [0.05, 0.1) is 11.2 Å². The summed E-state index contributed by atoms with van der Waals surface area (Å²) >= 11 is 1.19. The van der Waals surface area contributed by atoms with E-state index in [1.54, 1.807) is 6.92 Å². The summed E-state index contributed by atoms with van der Waals surface area (Å²) in [5.74, 6) is -0.389. The highest BCUT2D eigenvalue weighted by Gasteiger charge is 2.15. The fourth-order valence-electron chi connectivity index (χ4n) is 1.89. The maximum atomic E-state index is 11.3. The van der Waals surface area contributed by atoms with E-state index in [-0.39, 0.29) is 5.56 Å².